The molecule has 0 aromatic heterocycles. The summed E-state index contributed by atoms with van der Waals surface area (Å²) in [5, 5.41) is 30.9. The number of nitrogens with one attached hydrogen (secondary N) is 1. The van der Waals surface area contributed by atoms with Gasteiger partial charge < -0.3 is 25.4 Å². The minimum atomic E-state index is -0.842. The molecule has 0 radical (unpaired) electrons. The van der Waals surface area contributed by atoms with E-state index in [0.29, 0.717) is 15.8 Å². The van der Waals surface area contributed by atoms with Crippen molar-refractivity contribution in [3.05, 3.63) is 28.2 Å². The summed E-state index contributed by atoms with van der Waals surface area (Å²) in [4.78, 5) is 0. The first kappa shape index (κ1) is 16.5. The molecule has 0 aliphatic rings. The fraction of sp³-hybridized carbons (Fsp3) is 0.500. The third kappa shape index (κ3) is 5.95. The monoisotopic (exact) mass is 309 g/mol. The molecular formula is C12H17Cl2NO4. The molecule has 2 unspecified atom stereocenters. The van der Waals surface area contributed by atoms with Crippen molar-refractivity contribution in [3.63, 3.8) is 0 Å². The Bertz CT molecular complexity index is 372. The number of halogens is 2. The maximum absolute atomic E-state index is 9.66. The van der Waals surface area contributed by atoms with Gasteiger partial charge in [-0.2, -0.15) is 0 Å². The van der Waals surface area contributed by atoms with Gasteiger partial charge in [-0.1, -0.05) is 29.3 Å². The Morgan fingerprint density at radius 2 is 1.68 bits per heavy atom. The van der Waals surface area contributed by atoms with Crippen molar-refractivity contribution in [2.75, 3.05) is 26.3 Å². The lowest BCUT2D eigenvalue weighted by Gasteiger charge is -2.15. The van der Waals surface area contributed by atoms with Crippen molar-refractivity contribution < 1.29 is 20.1 Å². The van der Waals surface area contributed by atoms with Gasteiger partial charge in [0.05, 0.1) is 22.8 Å². The van der Waals surface area contributed by atoms with Crippen LogP contribution in [0.4, 0.5) is 0 Å². The molecule has 0 fully saturated rings. The summed E-state index contributed by atoms with van der Waals surface area (Å²) in [6, 6.07) is 4.99. The van der Waals surface area contributed by atoms with E-state index in [-0.39, 0.29) is 26.3 Å². The third-order valence-corrected chi connectivity index (χ3v) is 2.90. The van der Waals surface area contributed by atoms with E-state index in [9.17, 15) is 5.11 Å². The molecule has 0 spiro atoms. The van der Waals surface area contributed by atoms with Crippen molar-refractivity contribution in [2.45, 2.75) is 12.2 Å². The van der Waals surface area contributed by atoms with E-state index in [2.05, 4.69) is 5.32 Å². The average Bonchev–Trinajstić information content (AvgIpc) is 2.38. The Hall–Kier alpha value is -0.560. The minimum Gasteiger partial charge on any atom is -0.488 e. The van der Waals surface area contributed by atoms with Gasteiger partial charge in [0, 0.05) is 13.1 Å². The van der Waals surface area contributed by atoms with Gasteiger partial charge in [-0.15, -0.1) is 0 Å². The molecule has 0 bridgehead atoms. The highest BCUT2D eigenvalue weighted by Crippen LogP contribution is 2.32. The first-order valence-electron chi connectivity index (χ1n) is 5.79. The molecule has 1 aromatic carbocycles. The SMILES string of the molecule is OCC(O)CNCC(O)COc1c(Cl)cccc1Cl. The third-order valence-electron chi connectivity index (χ3n) is 2.31. The average molecular weight is 310 g/mol. The van der Waals surface area contributed by atoms with E-state index in [1.807, 2.05) is 0 Å². The van der Waals surface area contributed by atoms with Gasteiger partial charge in [-0.05, 0) is 12.1 Å². The van der Waals surface area contributed by atoms with E-state index in [1.165, 1.54) is 0 Å². The minimum absolute atomic E-state index is 0.0195. The molecule has 0 aliphatic heterocycles. The smallest absolute Gasteiger partial charge is 0.156 e. The Kier molecular flexibility index (Phi) is 7.45. The number of ether oxygens (including phenoxy) is 1. The van der Waals surface area contributed by atoms with Crippen LogP contribution >= 0.6 is 23.2 Å². The van der Waals surface area contributed by atoms with Gasteiger partial charge in [-0.25, -0.2) is 0 Å². The summed E-state index contributed by atoms with van der Waals surface area (Å²) < 4.78 is 5.35. The largest absolute Gasteiger partial charge is 0.488 e. The maximum Gasteiger partial charge on any atom is 0.156 e. The maximum atomic E-state index is 9.66. The second-order valence-corrected chi connectivity index (χ2v) is 4.82. The fourth-order valence-corrected chi connectivity index (χ4v) is 1.85. The molecule has 108 valence electrons. The van der Waals surface area contributed by atoms with E-state index < -0.39 is 12.2 Å². The molecule has 4 N–H and O–H groups in total. The van der Waals surface area contributed by atoms with Gasteiger partial charge in [-0.3, -0.25) is 0 Å². The van der Waals surface area contributed by atoms with Crippen molar-refractivity contribution in [1.29, 1.82) is 0 Å². The molecule has 19 heavy (non-hydrogen) atoms. The summed E-state index contributed by atoms with van der Waals surface area (Å²) in [5.74, 6) is 0.334. The van der Waals surface area contributed by atoms with Crippen LogP contribution in [0.15, 0.2) is 18.2 Å². The van der Waals surface area contributed by atoms with Gasteiger partial charge in [0.25, 0.3) is 0 Å². The van der Waals surface area contributed by atoms with Crippen LogP contribution in [0.2, 0.25) is 10.0 Å². The van der Waals surface area contributed by atoms with Crippen molar-refractivity contribution >= 4 is 23.2 Å². The van der Waals surface area contributed by atoms with Crippen LogP contribution in [0.5, 0.6) is 5.75 Å². The van der Waals surface area contributed by atoms with Gasteiger partial charge >= 0.3 is 0 Å². The zero-order chi connectivity index (χ0) is 14.3. The molecule has 1 aromatic rings. The predicted molar refractivity (Wildman–Crippen MR) is 73.9 cm³/mol. The summed E-state index contributed by atoms with van der Waals surface area (Å²) >= 11 is 11.8. The second-order valence-electron chi connectivity index (χ2n) is 4.01. The summed E-state index contributed by atoms with van der Waals surface area (Å²) in [6.45, 7) is 0.111. The number of hydrogen-bond acceptors (Lipinski definition) is 5. The van der Waals surface area contributed by atoms with Crippen molar-refractivity contribution in [3.8, 4) is 5.75 Å². The number of aliphatic hydroxyl groups excluding tert-OH is 3. The van der Waals surface area contributed by atoms with Crippen LogP contribution in [-0.4, -0.2) is 53.8 Å². The van der Waals surface area contributed by atoms with Gasteiger partial charge in [0.1, 0.15) is 12.7 Å². The normalized spacial score (nSPS) is 14.2. The van der Waals surface area contributed by atoms with Gasteiger partial charge in [0.2, 0.25) is 0 Å². The summed E-state index contributed by atoms with van der Waals surface area (Å²) in [5.41, 5.74) is 0. The first-order valence-corrected chi connectivity index (χ1v) is 6.54. The number of rotatable bonds is 8. The lowest BCUT2D eigenvalue weighted by Crippen LogP contribution is -2.37. The fourth-order valence-electron chi connectivity index (χ4n) is 1.34. The van der Waals surface area contributed by atoms with Crippen LogP contribution in [0.3, 0.4) is 0 Å². The molecule has 1 rings (SSSR count). The Morgan fingerprint density at radius 3 is 2.26 bits per heavy atom. The molecule has 0 heterocycles. The van der Waals surface area contributed by atoms with E-state index in [0.717, 1.165) is 0 Å². The van der Waals surface area contributed by atoms with Gasteiger partial charge in [0.15, 0.2) is 5.75 Å². The highest BCUT2D eigenvalue weighted by molar-refractivity contribution is 6.37. The molecular weight excluding hydrogens is 293 g/mol. The van der Waals surface area contributed by atoms with Crippen LogP contribution in [-0.2, 0) is 0 Å². The van der Waals surface area contributed by atoms with Crippen LogP contribution < -0.4 is 10.1 Å². The van der Waals surface area contributed by atoms with Crippen molar-refractivity contribution in [1.82, 2.24) is 5.32 Å². The van der Waals surface area contributed by atoms with E-state index in [1.54, 1.807) is 18.2 Å². The Morgan fingerprint density at radius 1 is 1.11 bits per heavy atom. The van der Waals surface area contributed by atoms with Crippen LogP contribution in [0, 0.1) is 0 Å². The molecule has 0 amide bonds. The first-order chi connectivity index (χ1) is 9.04. The standard InChI is InChI=1S/C12H17Cl2NO4/c13-10-2-1-3-11(14)12(10)19-7-9(18)5-15-4-8(17)6-16/h1-3,8-9,15-18H,4-7H2. The number of hydrogen-bond donors (Lipinski definition) is 4. The molecule has 0 saturated carbocycles. The van der Waals surface area contributed by atoms with Crippen LogP contribution in [0.25, 0.3) is 0 Å². The topological polar surface area (TPSA) is 82.0 Å². The Labute approximate surface area is 121 Å². The number of para-hydroxylation sites is 1. The lowest BCUT2D eigenvalue weighted by molar-refractivity contribution is 0.0795. The molecule has 0 saturated heterocycles. The summed E-state index contributed by atoms with van der Waals surface area (Å²) in [7, 11) is 0. The van der Waals surface area contributed by atoms with Crippen LogP contribution in [0.1, 0.15) is 0 Å². The molecule has 7 heteroatoms. The second kappa shape index (κ2) is 8.58. The zero-order valence-corrected chi connectivity index (χ0v) is 11.7. The highest BCUT2D eigenvalue weighted by Gasteiger charge is 2.11. The highest BCUT2D eigenvalue weighted by atomic mass is 35.5. The predicted octanol–water partition coefficient (Wildman–Crippen LogP) is 0.676. The van der Waals surface area contributed by atoms with E-state index in [4.69, 9.17) is 38.2 Å². The quantitative estimate of drug-likeness (QED) is 0.567. The Balaban J connectivity index is 2.32. The molecule has 5 nitrogen and oxygen atoms in total. The summed E-state index contributed by atoms with van der Waals surface area (Å²) in [6.07, 6.45) is -1.62. The van der Waals surface area contributed by atoms with Crippen molar-refractivity contribution in [2.24, 2.45) is 0 Å². The lowest BCUT2D eigenvalue weighted by atomic mass is 10.3. The van der Waals surface area contributed by atoms with E-state index >= 15 is 0 Å². The molecule has 0 aliphatic carbocycles. The zero-order valence-electron chi connectivity index (χ0n) is 10.2. The number of benzene rings is 1. The number of aliphatic hydroxyl groups is 3. The molecule has 2 atom stereocenters.